The lowest BCUT2D eigenvalue weighted by atomic mass is 9.83. The monoisotopic (exact) mass is 627 g/mol. The molecule has 0 spiro atoms. The zero-order chi connectivity index (χ0) is 32.0. The van der Waals surface area contributed by atoms with Crippen molar-refractivity contribution in [2.24, 2.45) is 28.7 Å². The van der Waals surface area contributed by atoms with Gasteiger partial charge in [-0.05, 0) is 25.9 Å². The summed E-state index contributed by atoms with van der Waals surface area (Å²) in [6, 6.07) is -4.63. The minimum Gasteiger partial charge on any atom is -0.394 e. The van der Waals surface area contributed by atoms with E-state index in [0.29, 0.717) is 19.5 Å². The summed E-state index contributed by atoms with van der Waals surface area (Å²) in [6.07, 6.45) is -16.4. The maximum Gasteiger partial charge on any atom is 0.250 e. The van der Waals surface area contributed by atoms with Gasteiger partial charge in [0.1, 0.15) is 61.0 Å². The highest BCUT2D eigenvalue weighted by Gasteiger charge is 2.52. The number of aliphatic hydroxyl groups excluding tert-OH is 7. The third kappa shape index (κ3) is 8.54. The molecular weight excluding hydrogens is 578 g/mol. The fourth-order valence-corrected chi connectivity index (χ4v) is 5.38. The zero-order valence-corrected chi connectivity index (χ0v) is 23.7. The molecule has 0 bridgehead atoms. The molecular formula is C24H49N7O12. The third-order valence-electron chi connectivity index (χ3n) is 8.04. The quantitative estimate of drug-likeness (QED) is 0.0842. The average Bonchev–Trinajstić information content (AvgIpc) is 2.99. The van der Waals surface area contributed by atoms with Crippen LogP contribution in [-0.4, -0.2) is 172 Å². The first-order chi connectivity index (χ1) is 20.4. The highest BCUT2D eigenvalue weighted by molar-refractivity contribution is 5.81. The zero-order valence-electron chi connectivity index (χ0n) is 23.7. The Morgan fingerprint density at radius 3 is 2.14 bits per heavy atom. The number of nitrogens with two attached hydrogens (primary N) is 5. The van der Waals surface area contributed by atoms with Gasteiger partial charge in [-0.3, -0.25) is 4.79 Å². The van der Waals surface area contributed by atoms with Gasteiger partial charge in [-0.15, -0.1) is 0 Å². The van der Waals surface area contributed by atoms with E-state index in [4.69, 9.17) is 47.6 Å². The molecule has 3 aliphatic rings. The summed E-state index contributed by atoms with van der Waals surface area (Å²) in [6.45, 7) is 0.0433. The summed E-state index contributed by atoms with van der Waals surface area (Å²) in [7, 11) is 0. The van der Waals surface area contributed by atoms with Gasteiger partial charge in [0.05, 0.1) is 24.7 Å². The summed E-state index contributed by atoms with van der Waals surface area (Å²) >= 11 is 0. The molecule has 0 aromatic rings. The Bertz CT molecular complexity index is 867. The van der Waals surface area contributed by atoms with E-state index in [1.807, 2.05) is 0 Å². The molecule has 3 fully saturated rings. The smallest absolute Gasteiger partial charge is 0.250 e. The van der Waals surface area contributed by atoms with Gasteiger partial charge in [-0.25, -0.2) is 0 Å². The SMILES string of the molecule is NCCCNCC1OC(OC2C(N)CC(NC(=O)C(O)CN)C(OC3OC(CO)C(O)C(N)C3O)C2O)C(N)C(O)C1O. The molecule has 0 radical (unpaired) electrons. The molecule has 1 amide bonds. The largest absolute Gasteiger partial charge is 0.394 e. The Hall–Kier alpha value is -1.21. The first kappa shape index (κ1) is 36.3. The van der Waals surface area contributed by atoms with Crippen molar-refractivity contribution in [2.75, 3.05) is 32.8 Å². The van der Waals surface area contributed by atoms with Crippen molar-refractivity contribution >= 4 is 5.91 Å². The number of hydrogen-bond acceptors (Lipinski definition) is 18. The number of nitrogens with one attached hydrogen (secondary N) is 2. The molecule has 2 heterocycles. The predicted octanol–water partition coefficient (Wildman–Crippen LogP) is -8.87. The fourth-order valence-electron chi connectivity index (χ4n) is 5.38. The van der Waals surface area contributed by atoms with E-state index in [1.165, 1.54) is 0 Å². The van der Waals surface area contributed by atoms with Crippen LogP contribution in [0, 0.1) is 0 Å². The number of aliphatic hydroxyl groups is 7. The van der Waals surface area contributed by atoms with Crippen LogP contribution in [-0.2, 0) is 23.7 Å². The Kier molecular flexibility index (Phi) is 13.8. The first-order valence-corrected chi connectivity index (χ1v) is 14.3. The van der Waals surface area contributed by atoms with Gasteiger partial charge < -0.3 is 94.0 Å². The van der Waals surface area contributed by atoms with Crippen LogP contribution in [0.1, 0.15) is 12.8 Å². The number of rotatable bonds is 13. The van der Waals surface area contributed by atoms with E-state index < -0.39 is 117 Å². The van der Waals surface area contributed by atoms with Crippen molar-refractivity contribution in [1.82, 2.24) is 10.6 Å². The number of ether oxygens (including phenoxy) is 4. The van der Waals surface area contributed by atoms with Crippen molar-refractivity contribution in [1.29, 1.82) is 0 Å². The van der Waals surface area contributed by atoms with Gasteiger partial charge in [0, 0.05) is 19.1 Å². The van der Waals surface area contributed by atoms with E-state index in [1.54, 1.807) is 0 Å². The summed E-state index contributed by atoms with van der Waals surface area (Å²) in [5, 5.41) is 78.4. The maximum atomic E-state index is 12.5. The Balaban J connectivity index is 1.81. The van der Waals surface area contributed by atoms with E-state index in [0.717, 1.165) is 0 Å². The van der Waals surface area contributed by atoms with Crippen molar-refractivity contribution in [2.45, 2.75) is 111 Å². The molecule has 19 nitrogen and oxygen atoms in total. The number of carbonyl (C=O) groups excluding carboxylic acids is 1. The van der Waals surface area contributed by atoms with E-state index >= 15 is 0 Å². The van der Waals surface area contributed by atoms with Crippen LogP contribution < -0.4 is 39.3 Å². The third-order valence-corrected chi connectivity index (χ3v) is 8.04. The molecule has 2 saturated heterocycles. The van der Waals surface area contributed by atoms with Crippen molar-refractivity contribution in [3.05, 3.63) is 0 Å². The van der Waals surface area contributed by atoms with Crippen LogP contribution in [0.25, 0.3) is 0 Å². The standard InChI is InChI=1S/C24H49N7O12/c25-2-1-3-30-6-11-16(35)17(36)14(29)23(40-11)42-20-8(27)4-9(31-22(39)10(33)5-26)21(19(20)38)43-24-18(37)13(28)15(34)12(7-32)41-24/h8-21,23-24,30,32-38H,1-7,25-29H2,(H,31,39). The summed E-state index contributed by atoms with van der Waals surface area (Å²) in [5.41, 5.74) is 29.2. The van der Waals surface area contributed by atoms with E-state index in [-0.39, 0.29) is 13.0 Å². The number of hydrogen-bond donors (Lipinski definition) is 14. The Morgan fingerprint density at radius 2 is 1.51 bits per heavy atom. The molecule has 1 aliphatic carbocycles. The van der Waals surface area contributed by atoms with Crippen LogP contribution in [0.4, 0.5) is 0 Å². The lowest BCUT2D eigenvalue weighted by Gasteiger charge is -2.49. The average molecular weight is 628 g/mol. The van der Waals surface area contributed by atoms with E-state index in [2.05, 4.69) is 10.6 Å². The minimum atomic E-state index is -1.67. The van der Waals surface area contributed by atoms with Gasteiger partial charge in [0.2, 0.25) is 5.91 Å². The minimum absolute atomic E-state index is 0.104. The lowest BCUT2D eigenvalue weighted by Crippen LogP contribution is -2.70. The summed E-state index contributed by atoms with van der Waals surface area (Å²) < 4.78 is 23.2. The first-order valence-electron chi connectivity index (χ1n) is 14.3. The maximum absolute atomic E-state index is 12.5. The summed E-state index contributed by atoms with van der Waals surface area (Å²) in [4.78, 5) is 12.5. The molecule has 0 aromatic heterocycles. The second-order valence-corrected chi connectivity index (χ2v) is 11.2. The van der Waals surface area contributed by atoms with Crippen LogP contribution in [0.2, 0.25) is 0 Å². The molecule has 252 valence electrons. The molecule has 2 aliphatic heterocycles. The normalized spacial score (nSPS) is 44.6. The number of amides is 1. The van der Waals surface area contributed by atoms with Crippen molar-refractivity contribution in [3.63, 3.8) is 0 Å². The number of carbonyl (C=O) groups is 1. The van der Waals surface area contributed by atoms with E-state index in [9.17, 15) is 40.5 Å². The molecule has 0 aromatic carbocycles. The molecule has 1 saturated carbocycles. The topological polar surface area (TPSA) is 350 Å². The van der Waals surface area contributed by atoms with Crippen LogP contribution in [0.3, 0.4) is 0 Å². The molecule has 16 unspecified atom stereocenters. The second-order valence-electron chi connectivity index (χ2n) is 11.2. The molecule has 43 heavy (non-hydrogen) atoms. The van der Waals surface area contributed by atoms with Gasteiger partial charge in [-0.1, -0.05) is 0 Å². The Morgan fingerprint density at radius 1 is 0.860 bits per heavy atom. The molecule has 19 N–H and O–H groups in total. The second kappa shape index (κ2) is 16.4. The van der Waals surface area contributed by atoms with Gasteiger partial charge in [0.15, 0.2) is 12.6 Å². The molecule has 19 heteroatoms. The lowest BCUT2D eigenvalue weighted by molar-refractivity contribution is -0.320. The van der Waals surface area contributed by atoms with Gasteiger partial charge >= 0.3 is 0 Å². The van der Waals surface area contributed by atoms with Crippen LogP contribution >= 0.6 is 0 Å². The molecule has 3 rings (SSSR count). The highest BCUT2D eigenvalue weighted by atomic mass is 16.7. The highest BCUT2D eigenvalue weighted by Crippen LogP contribution is 2.31. The van der Waals surface area contributed by atoms with Gasteiger partial charge in [0.25, 0.3) is 0 Å². The van der Waals surface area contributed by atoms with Crippen molar-refractivity contribution in [3.8, 4) is 0 Å². The Labute approximate surface area is 248 Å². The van der Waals surface area contributed by atoms with Crippen molar-refractivity contribution < 1.29 is 59.5 Å². The predicted molar refractivity (Wildman–Crippen MR) is 146 cm³/mol. The van der Waals surface area contributed by atoms with Crippen LogP contribution in [0.5, 0.6) is 0 Å². The van der Waals surface area contributed by atoms with Crippen LogP contribution in [0.15, 0.2) is 0 Å². The fraction of sp³-hybridized carbons (Fsp3) is 0.958. The summed E-state index contributed by atoms with van der Waals surface area (Å²) in [5.74, 6) is -0.884. The molecule has 16 atom stereocenters. The van der Waals surface area contributed by atoms with Gasteiger partial charge in [-0.2, -0.15) is 0 Å².